The summed E-state index contributed by atoms with van der Waals surface area (Å²) in [5.41, 5.74) is 2.37. The van der Waals surface area contributed by atoms with E-state index in [2.05, 4.69) is 47.4 Å². The number of rotatable bonds is 0. The minimum atomic E-state index is 0. The van der Waals surface area contributed by atoms with E-state index in [4.69, 9.17) is 0 Å². The molecule has 85 valence electrons. The fourth-order valence-corrected chi connectivity index (χ4v) is 1.79. The number of benzene rings is 2. The van der Waals surface area contributed by atoms with Gasteiger partial charge in [0.05, 0.1) is 0 Å². The summed E-state index contributed by atoms with van der Waals surface area (Å²) in [5.74, 6) is 0. The molecule has 1 aromatic heterocycles. The van der Waals surface area contributed by atoms with Crippen molar-refractivity contribution in [1.82, 2.24) is 0 Å². The monoisotopic (exact) mass is 340 g/mol. The minimum absolute atomic E-state index is 0. The van der Waals surface area contributed by atoms with Gasteiger partial charge in [0.25, 0.3) is 0 Å². The maximum absolute atomic E-state index is 3.41. The number of H-pyrrole nitrogens is 1. The molecular formula is C13H10Cl2NZr. The van der Waals surface area contributed by atoms with Crippen LogP contribution in [0, 0.1) is 0 Å². The Morgan fingerprint density at radius 3 is 1.53 bits per heavy atom. The second-order valence-corrected chi connectivity index (χ2v) is 3.44. The first-order valence-corrected chi connectivity index (χ1v) is 4.73. The van der Waals surface area contributed by atoms with Crippen molar-refractivity contribution in [2.24, 2.45) is 0 Å². The van der Waals surface area contributed by atoms with Crippen LogP contribution in [0.2, 0.25) is 0 Å². The molecule has 17 heavy (non-hydrogen) atoms. The number of nitrogens with one attached hydrogen (secondary N) is 1. The normalized spacial score (nSPS) is 8.94. The van der Waals surface area contributed by atoms with Gasteiger partial charge in [-0.3, -0.25) is 0 Å². The van der Waals surface area contributed by atoms with Crippen LogP contribution in [0.1, 0.15) is 0 Å². The molecule has 0 bridgehead atoms. The zero-order chi connectivity index (χ0) is 9.38. The Bertz CT molecular complexity index is 508. The van der Waals surface area contributed by atoms with E-state index >= 15 is 0 Å². The Hall–Kier alpha value is -0.427. The van der Waals surface area contributed by atoms with Crippen molar-refractivity contribution in [3.8, 4) is 0 Å². The van der Waals surface area contributed by atoms with Gasteiger partial charge in [-0.1, -0.05) is 24.3 Å². The van der Waals surface area contributed by atoms with E-state index < -0.39 is 0 Å². The Balaban J connectivity index is 0.000000853. The topological polar surface area (TPSA) is 14.1 Å². The quantitative estimate of drug-likeness (QED) is 0.383. The van der Waals surface area contributed by atoms with Crippen LogP contribution in [0.25, 0.3) is 21.8 Å². The SMILES string of the molecule is [Cl-].[Cl-].[Zr+].c1ccc2[nH+]c3ccccc3cc2c1. The summed E-state index contributed by atoms with van der Waals surface area (Å²) in [5, 5.41) is 2.51. The predicted octanol–water partition coefficient (Wildman–Crippen LogP) is -3.19. The number of aromatic nitrogens is 1. The minimum Gasteiger partial charge on any atom is -1.00 e. The van der Waals surface area contributed by atoms with E-state index in [1.165, 1.54) is 21.8 Å². The third-order valence-corrected chi connectivity index (χ3v) is 2.50. The molecule has 0 saturated carbocycles. The number of pyridine rings is 1. The fourth-order valence-electron chi connectivity index (χ4n) is 1.79. The number of hydrogen-bond donors (Lipinski definition) is 0. The van der Waals surface area contributed by atoms with Gasteiger partial charge in [-0.05, 0) is 18.2 Å². The molecule has 0 unspecified atom stereocenters. The molecule has 0 atom stereocenters. The van der Waals surface area contributed by atoms with Crippen molar-refractivity contribution in [3.63, 3.8) is 0 Å². The Kier molecular flexibility index (Phi) is 6.93. The Morgan fingerprint density at radius 1 is 0.647 bits per heavy atom. The van der Waals surface area contributed by atoms with Gasteiger partial charge in [-0.15, -0.1) is 0 Å². The number of hydrogen-bond acceptors (Lipinski definition) is 0. The van der Waals surface area contributed by atoms with E-state index in [9.17, 15) is 0 Å². The van der Waals surface area contributed by atoms with Crippen LogP contribution in [0.5, 0.6) is 0 Å². The van der Waals surface area contributed by atoms with Crippen molar-refractivity contribution in [2.75, 3.05) is 0 Å². The van der Waals surface area contributed by atoms with Crippen LogP contribution >= 0.6 is 0 Å². The maximum atomic E-state index is 3.41. The van der Waals surface area contributed by atoms with Gasteiger partial charge in [0.2, 0.25) is 11.0 Å². The molecule has 3 rings (SSSR count). The summed E-state index contributed by atoms with van der Waals surface area (Å²) in [4.78, 5) is 3.41. The van der Waals surface area contributed by atoms with Crippen molar-refractivity contribution in [3.05, 3.63) is 54.6 Å². The Labute approximate surface area is 132 Å². The van der Waals surface area contributed by atoms with E-state index in [0.717, 1.165) is 0 Å². The van der Waals surface area contributed by atoms with Crippen molar-refractivity contribution < 1.29 is 56.0 Å². The molecule has 0 aliphatic heterocycles. The molecule has 0 fully saturated rings. The van der Waals surface area contributed by atoms with Crippen LogP contribution in [0.15, 0.2) is 54.6 Å². The summed E-state index contributed by atoms with van der Waals surface area (Å²) in [6.07, 6.45) is 0. The number of aromatic amines is 1. The summed E-state index contributed by atoms with van der Waals surface area (Å²) in [7, 11) is 0. The third kappa shape index (κ3) is 3.28. The first kappa shape index (κ1) is 16.6. The predicted molar refractivity (Wildman–Crippen MR) is 58.0 cm³/mol. The maximum Gasteiger partial charge on any atom is 1.00 e. The average Bonchev–Trinajstić information content (AvgIpc) is 2.26. The molecular weight excluding hydrogens is 332 g/mol. The molecule has 4 heteroatoms. The average molecular weight is 342 g/mol. The van der Waals surface area contributed by atoms with E-state index in [1.54, 1.807) is 0 Å². The summed E-state index contributed by atoms with van der Waals surface area (Å²) >= 11 is 0. The Morgan fingerprint density at radius 2 is 1.06 bits per heavy atom. The second-order valence-electron chi connectivity index (χ2n) is 3.44. The fraction of sp³-hybridized carbons (Fsp3) is 0. The first-order valence-electron chi connectivity index (χ1n) is 4.73. The molecule has 0 aliphatic rings. The number of para-hydroxylation sites is 2. The molecule has 0 saturated heterocycles. The van der Waals surface area contributed by atoms with E-state index in [-0.39, 0.29) is 51.0 Å². The van der Waals surface area contributed by atoms with Crippen LogP contribution in [0.3, 0.4) is 0 Å². The first-order chi connectivity index (χ1) is 6.93. The zero-order valence-corrected chi connectivity index (χ0v) is 12.9. The summed E-state index contributed by atoms with van der Waals surface area (Å²) in [6.45, 7) is 0. The number of halogens is 2. The molecule has 0 aliphatic carbocycles. The molecule has 3 aromatic rings. The molecule has 2 aromatic carbocycles. The molecule has 1 nitrogen and oxygen atoms in total. The molecule has 1 heterocycles. The van der Waals surface area contributed by atoms with E-state index in [0.29, 0.717) is 0 Å². The molecule has 1 radical (unpaired) electrons. The molecule has 0 amide bonds. The van der Waals surface area contributed by atoms with Gasteiger partial charge in [0.15, 0.2) is 0 Å². The van der Waals surface area contributed by atoms with Gasteiger partial charge in [-0.25, -0.2) is 4.98 Å². The van der Waals surface area contributed by atoms with Gasteiger partial charge < -0.3 is 24.8 Å². The van der Waals surface area contributed by atoms with Crippen molar-refractivity contribution in [2.45, 2.75) is 0 Å². The zero-order valence-electron chi connectivity index (χ0n) is 8.95. The van der Waals surface area contributed by atoms with Gasteiger partial charge in [0, 0.05) is 22.9 Å². The van der Waals surface area contributed by atoms with Crippen molar-refractivity contribution in [1.29, 1.82) is 0 Å². The van der Waals surface area contributed by atoms with Crippen LogP contribution < -0.4 is 29.8 Å². The van der Waals surface area contributed by atoms with Crippen molar-refractivity contribution >= 4 is 21.8 Å². The molecule has 0 spiro atoms. The second kappa shape index (κ2) is 7.11. The van der Waals surface area contributed by atoms with Crippen LogP contribution in [-0.2, 0) is 26.2 Å². The van der Waals surface area contributed by atoms with Gasteiger partial charge in [-0.2, -0.15) is 0 Å². The standard InChI is InChI=1S/C13H9N.2ClH.Zr/c1-3-7-12-10(5-1)9-11-6-2-4-8-13(11)14-12;;;/h1-9H;2*1H;/q;;;+1/p-1. The third-order valence-electron chi connectivity index (χ3n) is 2.50. The van der Waals surface area contributed by atoms with Crippen LogP contribution in [-0.4, -0.2) is 0 Å². The smallest absolute Gasteiger partial charge is 1.00 e. The largest absolute Gasteiger partial charge is 1.00 e. The van der Waals surface area contributed by atoms with Gasteiger partial charge in [0.1, 0.15) is 0 Å². The number of fused-ring (bicyclic) bond motifs is 2. The summed E-state index contributed by atoms with van der Waals surface area (Å²) < 4.78 is 0. The van der Waals surface area contributed by atoms with Crippen LogP contribution in [0.4, 0.5) is 0 Å². The van der Waals surface area contributed by atoms with Gasteiger partial charge >= 0.3 is 26.2 Å². The molecule has 1 N–H and O–H groups in total. The summed E-state index contributed by atoms with van der Waals surface area (Å²) in [6, 6.07) is 18.9. The van der Waals surface area contributed by atoms with E-state index in [1.807, 2.05) is 12.1 Å².